The van der Waals surface area contributed by atoms with Gasteiger partial charge in [-0.05, 0) is 26.7 Å². The molecule has 104 valence electrons. The van der Waals surface area contributed by atoms with Gasteiger partial charge in [-0.15, -0.1) is 0 Å². The molecule has 0 atom stereocenters. The van der Waals surface area contributed by atoms with Crippen LogP contribution in [0.4, 0.5) is 0 Å². The topological polar surface area (TPSA) is 83.6 Å². The molecule has 1 rings (SSSR count). The van der Waals surface area contributed by atoms with Crippen LogP contribution in [0.5, 0.6) is 0 Å². The van der Waals surface area contributed by atoms with Crippen LogP contribution in [0.1, 0.15) is 52.4 Å². The number of carbonyl (C=O) groups excluding carboxylic acids is 1. The lowest BCUT2D eigenvalue weighted by Gasteiger charge is -2.45. The van der Waals surface area contributed by atoms with E-state index in [2.05, 4.69) is 0 Å². The zero-order valence-electron chi connectivity index (χ0n) is 11.5. The maximum absolute atomic E-state index is 12.3. The van der Waals surface area contributed by atoms with E-state index in [4.69, 9.17) is 10.8 Å². The first-order valence-corrected chi connectivity index (χ1v) is 6.48. The van der Waals surface area contributed by atoms with Crippen LogP contribution >= 0.6 is 0 Å². The van der Waals surface area contributed by atoms with E-state index < -0.39 is 17.0 Å². The predicted molar refractivity (Wildman–Crippen MR) is 69.1 cm³/mol. The Hall–Kier alpha value is -1.10. The standard InChI is InChI=1S/C13H24N2O3/c1-12(2,14)11(18)15(3)13(9-10(16)17)7-5-4-6-8-13/h4-9,14H2,1-3H3,(H,16,17). The summed E-state index contributed by atoms with van der Waals surface area (Å²) in [6, 6.07) is 0. The summed E-state index contributed by atoms with van der Waals surface area (Å²) in [5.74, 6) is -1.04. The molecule has 0 spiro atoms. The van der Waals surface area contributed by atoms with Crippen LogP contribution in [0.15, 0.2) is 0 Å². The normalized spacial score (nSPS) is 19.3. The number of carbonyl (C=O) groups is 2. The maximum atomic E-state index is 12.3. The Morgan fingerprint density at radius 1 is 1.28 bits per heavy atom. The number of hydrogen-bond acceptors (Lipinski definition) is 3. The molecule has 0 aromatic rings. The summed E-state index contributed by atoms with van der Waals surface area (Å²) < 4.78 is 0. The minimum atomic E-state index is -0.961. The Bertz CT molecular complexity index is 328. The fraction of sp³-hybridized carbons (Fsp3) is 0.846. The van der Waals surface area contributed by atoms with E-state index in [1.807, 2.05) is 0 Å². The lowest BCUT2D eigenvalue weighted by atomic mass is 9.77. The number of amides is 1. The van der Waals surface area contributed by atoms with E-state index in [-0.39, 0.29) is 12.3 Å². The van der Waals surface area contributed by atoms with Crippen LogP contribution in [0, 0.1) is 0 Å². The molecule has 1 amide bonds. The maximum Gasteiger partial charge on any atom is 0.305 e. The molecule has 18 heavy (non-hydrogen) atoms. The fourth-order valence-corrected chi connectivity index (χ4v) is 2.77. The molecule has 0 saturated heterocycles. The van der Waals surface area contributed by atoms with Gasteiger partial charge in [0.05, 0.1) is 17.5 Å². The molecule has 1 fully saturated rings. The summed E-state index contributed by atoms with van der Waals surface area (Å²) in [7, 11) is 1.69. The van der Waals surface area contributed by atoms with E-state index in [0.29, 0.717) is 0 Å². The van der Waals surface area contributed by atoms with Crippen LogP contribution < -0.4 is 5.73 Å². The minimum Gasteiger partial charge on any atom is -0.481 e. The molecule has 1 aliphatic carbocycles. The summed E-state index contributed by atoms with van der Waals surface area (Å²) >= 11 is 0. The first-order valence-electron chi connectivity index (χ1n) is 6.48. The largest absolute Gasteiger partial charge is 0.481 e. The van der Waals surface area contributed by atoms with Crippen molar-refractivity contribution in [2.45, 2.75) is 63.5 Å². The van der Waals surface area contributed by atoms with Gasteiger partial charge in [-0.1, -0.05) is 19.3 Å². The molecule has 0 aliphatic heterocycles. The highest BCUT2D eigenvalue weighted by atomic mass is 16.4. The number of carboxylic acid groups (broad SMARTS) is 1. The molecule has 0 heterocycles. The smallest absolute Gasteiger partial charge is 0.305 e. The van der Waals surface area contributed by atoms with Crippen LogP contribution in [-0.4, -0.2) is 40.0 Å². The lowest BCUT2D eigenvalue weighted by Crippen LogP contribution is -2.59. The average molecular weight is 256 g/mol. The summed E-state index contributed by atoms with van der Waals surface area (Å²) in [4.78, 5) is 24.9. The van der Waals surface area contributed by atoms with E-state index in [9.17, 15) is 9.59 Å². The Morgan fingerprint density at radius 2 is 1.78 bits per heavy atom. The number of nitrogens with zero attached hydrogens (tertiary/aromatic N) is 1. The summed E-state index contributed by atoms with van der Waals surface area (Å²) in [6.07, 6.45) is 4.54. The van der Waals surface area contributed by atoms with Gasteiger partial charge in [0, 0.05) is 7.05 Å². The predicted octanol–water partition coefficient (Wildman–Crippen LogP) is 1.36. The lowest BCUT2D eigenvalue weighted by molar-refractivity contribution is -0.148. The average Bonchev–Trinajstić information content (AvgIpc) is 2.26. The molecule has 5 nitrogen and oxygen atoms in total. The van der Waals surface area contributed by atoms with Crippen LogP contribution in [0.2, 0.25) is 0 Å². The van der Waals surface area contributed by atoms with E-state index in [1.165, 1.54) is 0 Å². The number of hydrogen-bond donors (Lipinski definition) is 2. The second kappa shape index (κ2) is 5.26. The highest BCUT2D eigenvalue weighted by Crippen LogP contribution is 2.36. The second-order valence-electron chi connectivity index (χ2n) is 5.94. The number of carboxylic acids is 1. The van der Waals surface area contributed by atoms with Crippen LogP contribution in [0.25, 0.3) is 0 Å². The van der Waals surface area contributed by atoms with E-state index in [1.54, 1.807) is 25.8 Å². The summed E-state index contributed by atoms with van der Waals surface area (Å²) in [5.41, 5.74) is 4.32. The highest BCUT2D eigenvalue weighted by Gasteiger charge is 2.43. The molecule has 1 aliphatic rings. The van der Waals surface area contributed by atoms with Crippen molar-refractivity contribution in [3.8, 4) is 0 Å². The zero-order valence-corrected chi connectivity index (χ0v) is 11.5. The molecule has 0 aromatic carbocycles. The third-order valence-corrected chi connectivity index (χ3v) is 3.83. The highest BCUT2D eigenvalue weighted by molar-refractivity contribution is 5.86. The van der Waals surface area contributed by atoms with Gasteiger partial charge < -0.3 is 15.7 Å². The molecular formula is C13H24N2O3. The fourth-order valence-electron chi connectivity index (χ4n) is 2.77. The molecule has 1 saturated carbocycles. The van der Waals surface area contributed by atoms with Crippen molar-refractivity contribution in [3.63, 3.8) is 0 Å². The minimum absolute atomic E-state index is 0.00528. The number of rotatable bonds is 4. The molecule has 3 N–H and O–H groups in total. The Labute approximate surface area is 108 Å². The first kappa shape index (κ1) is 15.0. The van der Waals surface area contributed by atoms with Gasteiger partial charge in [0.2, 0.25) is 5.91 Å². The molecule has 0 unspecified atom stereocenters. The summed E-state index contributed by atoms with van der Waals surface area (Å²) in [5, 5.41) is 9.10. The number of aliphatic carboxylic acids is 1. The van der Waals surface area contributed by atoms with Crippen LogP contribution in [0.3, 0.4) is 0 Å². The van der Waals surface area contributed by atoms with E-state index in [0.717, 1.165) is 32.1 Å². The molecule has 0 bridgehead atoms. The first-order chi connectivity index (χ1) is 8.19. The zero-order chi connectivity index (χ0) is 14.0. The quantitative estimate of drug-likeness (QED) is 0.795. The summed E-state index contributed by atoms with van der Waals surface area (Å²) in [6.45, 7) is 3.31. The van der Waals surface area contributed by atoms with Gasteiger partial charge >= 0.3 is 5.97 Å². The Kier molecular flexibility index (Phi) is 4.37. The van der Waals surface area contributed by atoms with Gasteiger partial charge in [-0.2, -0.15) is 0 Å². The van der Waals surface area contributed by atoms with Gasteiger partial charge in [0.15, 0.2) is 0 Å². The number of nitrogens with two attached hydrogens (primary N) is 1. The Balaban J connectivity index is 2.95. The van der Waals surface area contributed by atoms with Crippen molar-refractivity contribution in [1.82, 2.24) is 4.90 Å². The van der Waals surface area contributed by atoms with Crippen molar-refractivity contribution >= 4 is 11.9 Å². The SMILES string of the molecule is CN(C(=O)C(C)(C)N)C1(CC(=O)O)CCCCC1. The molecule has 5 heteroatoms. The third kappa shape index (κ3) is 3.22. The molecule has 0 radical (unpaired) electrons. The van der Waals surface area contributed by atoms with Crippen molar-refractivity contribution in [2.24, 2.45) is 5.73 Å². The van der Waals surface area contributed by atoms with Crippen LogP contribution in [-0.2, 0) is 9.59 Å². The van der Waals surface area contributed by atoms with Crippen molar-refractivity contribution in [3.05, 3.63) is 0 Å². The van der Waals surface area contributed by atoms with Crippen molar-refractivity contribution in [2.75, 3.05) is 7.05 Å². The Morgan fingerprint density at radius 3 is 2.17 bits per heavy atom. The van der Waals surface area contributed by atoms with Crippen molar-refractivity contribution in [1.29, 1.82) is 0 Å². The molecule has 0 aromatic heterocycles. The molecular weight excluding hydrogens is 232 g/mol. The van der Waals surface area contributed by atoms with Gasteiger partial charge in [0.25, 0.3) is 0 Å². The van der Waals surface area contributed by atoms with Gasteiger partial charge in [-0.3, -0.25) is 9.59 Å². The van der Waals surface area contributed by atoms with Crippen molar-refractivity contribution < 1.29 is 14.7 Å². The van der Waals surface area contributed by atoms with Gasteiger partial charge in [0.1, 0.15) is 0 Å². The van der Waals surface area contributed by atoms with E-state index >= 15 is 0 Å². The van der Waals surface area contributed by atoms with Gasteiger partial charge in [-0.25, -0.2) is 0 Å². The number of likely N-dealkylation sites (N-methyl/N-ethyl adjacent to an activating group) is 1. The monoisotopic (exact) mass is 256 g/mol. The second-order valence-corrected chi connectivity index (χ2v) is 5.94. The third-order valence-electron chi connectivity index (χ3n) is 3.83.